The van der Waals surface area contributed by atoms with Crippen molar-refractivity contribution in [2.75, 3.05) is 26.8 Å². The second-order valence-corrected chi connectivity index (χ2v) is 5.97. The third-order valence-corrected chi connectivity index (χ3v) is 3.40. The van der Waals surface area contributed by atoms with E-state index in [1.807, 2.05) is 0 Å². The summed E-state index contributed by atoms with van der Waals surface area (Å²) in [7, 11) is 1.68. The molecule has 0 spiro atoms. The maximum atomic E-state index is 10.7. The molecule has 0 heterocycles. The number of non-ortho nitro benzene ring substituents is 1. The highest BCUT2D eigenvalue weighted by molar-refractivity contribution is 14.0. The van der Waals surface area contributed by atoms with E-state index in [2.05, 4.69) is 29.5 Å². The van der Waals surface area contributed by atoms with Crippen LogP contribution in [0.5, 0.6) is 0 Å². The molecule has 2 N–H and O–H groups in total. The molecule has 0 bridgehead atoms. The minimum absolute atomic E-state index is 0. The largest absolute Gasteiger partial charge is 0.385 e. The fourth-order valence-electron chi connectivity index (χ4n) is 1.97. The van der Waals surface area contributed by atoms with Gasteiger partial charge in [-0.25, -0.2) is 4.99 Å². The Morgan fingerprint density at radius 1 is 1.24 bits per heavy atom. The summed E-state index contributed by atoms with van der Waals surface area (Å²) in [6.45, 7) is 7.17. The summed E-state index contributed by atoms with van der Waals surface area (Å²) < 4.78 is 5.04. The van der Waals surface area contributed by atoms with Crippen LogP contribution in [0.3, 0.4) is 0 Å². The molecule has 1 aromatic carbocycles. The van der Waals surface area contributed by atoms with Crippen LogP contribution in [0.15, 0.2) is 29.3 Å². The van der Waals surface area contributed by atoms with Crippen molar-refractivity contribution in [2.24, 2.45) is 10.9 Å². The Hall–Kier alpha value is -1.42. The topological polar surface area (TPSA) is 88.8 Å². The highest BCUT2D eigenvalue weighted by Gasteiger charge is 2.04. The molecule has 0 aliphatic carbocycles. The van der Waals surface area contributed by atoms with Gasteiger partial charge in [-0.05, 0) is 24.3 Å². The number of benzene rings is 1. The third kappa shape index (κ3) is 10.9. The maximum absolute atomic E-state index is 10.7. The van der Waals surface area contributed by atoms with E-state index in [9.17, 15) is 10.1 Å². The summed E-state index contributed by atoms with van der Waals surface area (Å²) in [6.07, 6.45) is 1.97. The smallest absolute Gasteiger partial charge is 0.269 e. The van der Waals surface area contributed by atoms with Gasteiger partial charge in [0.25, 0.3) is 5.69 Å². The molecule has 0 aliphatic heterocycles. The minimum atomic E-state index is -0.399. The van der Waals surface area contributed by atoms with Gasteiger partial charge >= 0.3 is 0 Å². The molecule has 7 nitrogen and oxygen atoms in total. The highest BCUT2D eigenvalue weighted by atomic mass is 127. The standard InChI is InChI=1S/C17H28N4O3.HI/c1-14(2)9-11-19-17(18-10-4-12-24-3)20-13-15-5-7-16(8-6-15)21(22)23;/h5-8,14H,4,9-13H2,1-3H3,(H2,18,19,20);1H. The fourth-order valence-corrected chi connectivity index (χ4v) is 1.97. The molecular formula is C17H29IN4O3. The summed E-state index contributed by atoms with van der Waals surface area (Å²) in [6, 6.07) is 6.47. The SMILES string of the molecule is COCCCNC(=NCc1ccc([N+](=O)[O-])cc1)NCCC(C)C.I. The van der Waals surface area contributed by atoms with Crippen molar-refractivity contribution in [1.29, 1.82) is 0 Å². The predicted molar refractivity (Wildman–Crippen MR) is 112 cm³/mol. The Morgan fingerprint density at radius 3 is 2.44 bits per heavy atom. The van der Waals surface area contributed by atoms with E-state index < -0.39 is 4.92 Å². The van der Waals surface area contributed by atoms with Crippen LogP contribution in [-0.4, -0.2) is 37.7 Å². The lowest BCUT2D eigenvalue weighted by molar-refractivity contribution is -0.384. The van der Waals surface area contributed by atoms with Crippen molar-refractivity contribution in [3.8, 4) is 0 Å². The monoisotopic (exact) mass is 464 g/mol. The lowest BCUT2D eigenvalue weighted by Crippen LogP contribution is -2.39. The molecule has 0 aromatic heterocycles. The van der Waals surface area contributed by atoms with Crippen LogP contribution < -0.4 is 10.6 Å². The van der Waals surface area contributed by atoms with E-state index in [-0.39, 0.29) is 29.7 Å². The first-order valence-electron chi connectivity index (χ1n) is 8.27. The molecule has 0 atom stereocenters. The number of halogens is 1. The van der Waals surface area contributed by atoms with Gasteiger partial charge in [0.05, 0.1) is 11.5 Å². The molecule has 25 heavy (non-hydrogen) atoms. The number of nitro benzene ring substituents is 1. The normalized spacial score (nSPS) is 11.1. The molecule has 0 amide bonds. The number of nitro groups is 1. The van der Waals surface area contributed by atoms with Gasteiger partial charge in [0, 0.05) is 38.9 Å². The number of nitrogens with one attached hydrogen (secondary N) is 2. The number of nitrogens with zero attached hydrogens (tertiary/aromatic N) is 2. The van der Waals surface area contributed by atoms with E-state index in [1.165, 1.54) is 12.1 Å². The Balaban J connectivity index is 0.00000576. The Kier molecular flexibility index (Phi) is 13.0. The number of aliphatic imine (C=N–C) groups is 1. The third-order valence-electron chi connectivity index (χ3n) is 3.40. The van der Waals surface area contributed by atoms with Crippen LogP contribution in [0.2, 0.25) is 0 Å². The molecule has 0 fully saturated rings. The average Bonchev–Trinajstić information content (AvgIpc) is 2.56. The Labute approximate surface area is 166 Å². The number of rotatable bonds is 10. The van der Waals surface area contributed by atoms with Gasteiger partial charge in [-0.3, -0.25) is 10.1 Å². The number of ether oxygens (including phenoxy) is 1. The summed E-state index contributed by atoms with van der Waals surface area (Å²) in [5, 5.41) is 17.3. The van der Waals surface area contributed by atoms with Gasteiger partial charge < -0.3 is 15.4 Å². The summed E-state index contributed by atoms with van der Waals surface area (Å²) >= 11 is 0. The van der Waals surface area contributed by atoms with E-state index in [4.69, 9.17) is 4.74 Å². The van der Waals surface area contributed by atoms with Crippen molar-refractivity contribution in [1.82, 2.24) is 10.6 Å². The minimum Gasteiger partial charge on any atom is -0.385 e. The van der Waals surface area contributed by atoms with Crippen molar-refractivity contribution < 1.29 is 9.66 Å². The number of guanidine groups is 1. The first-order chi connectivity index (χ1) is 11.5. The van der Waals surface area contributed by atoms with E-state index in [0.717, 1.165) is 37.5 Å². The van der Waals surface area contributed by atoms with Gasteiger partial charge in [0.2, 0.25) is 0 Å². The zero-order valence-electron chi connectivity index (χ0n) is 15.2. The van der Waals surface area contributed by atoms with E-state index in [0.29, 0.717) is 19.1 Å². The van der Waals surface area contributed by atoms with Crippen molar-refractivity contribution in [3.05, 3.63) is 39.9 Å². The van der Waals surface area contributed by atoms with E-state index >= 15 is 0 Å². The van der Waals surface area contributed by atoms with Crippen LogP contribution in [-0.2, 0) is 11.3 Å². The molecule has 0 radical (unpaired) electrons. The Bertz CT molecular complexity index is 521. The number of methoxy groups -OCH3 is 1. The van der Waals surface area contributed by atoms with Gasteiger partial charge in [-0.1, -0.05) is 26.0 Å². The second-order valence-electron chi connectivity index (χ2n) is 5.97. The molecule has 1 aromatic rings. The van der Waals surface area contributed by atoms with Gasteiger partial charge in [-0.15, -0.1) is 24.0 Å². The lowest BCUT2D eigenvalue weighted by Gasteiger charge is -2.13. The molecule has 0 saturated carbocycles. The van der Waals surface area contributed by atoms with Gasteiger partial charge in [0.1, 0.15) is 0 Å². The first kappa shape index (κ1) is 23.6. The second kappa shape index (κ2) is 13.8. The Morgan fingerprint density at radius 2 is 1.88 bits per heavy atom. The predicted octanol–water partition coefficient (Wildman–Crippen LogP) is 3.33. The fraction of sp³-hybridized carbons (Fsp3) is 0.588. The molecule has 0 aliphatic rings. The molecule has 8 heteroatoms. The highest BCUT2D eigenvalue weighted by Crippen LogP contribution is 2.12. The zero-order valence-corrected chi connectivity index (χ0v) is 17.5. The first-order valence-corrected chi connectivity index (χ1v) is 8.27. The molecule has 0 saturated heterocycles. The number of hydrogen-bond acceptors (Lipinski definition) is 4. The van der Waals surface area contributed by atoms with Crippen LogP contribution in [0.25, 0.3) is 0 Å². The van der Waals surface area contributed by atoms with Gasteiger partial charge in [-0.2, -0.15) is 0 Å². The summed E-state index contributed by atoms with van der Waals surface area (Å²) in [5.74, 6) is 1.38. The average molecular weight is 464 g/mol. The molecule has 1 rings (SSSR count). The van der Waals surface area contributed by atoms with Crippen molar-refractivity contribution in [2.45, 2.75) is 33.2 Å². The quantitative estimate of drug-likeness (QED) is 0.139. The lowest BCUT2D eigenvalue weighted by atomic mass is 10.1. The van der Waals surface area contributed by atoms with E-state index in [1.54, 1.807) is 19.2 Å². The molecular weight excluding hydrogens is 435 g/mol. The van der Waals surface area contributed by atoms with Gasteiger partial charge in [0.15, 0.2) is 5.96 Å². The summed E-state index contributed by atoms with van der Waals surface area (Å²) in [4.78, 5) is 14.8. The van der Waals surface area contributed by atoms with Crippen molar-refractivity contribution in [3.63, 3.8) is 0 Å². The molecule has 142 valence electrons. The zero-order chi connectivity index (χ0) is 17.8. The summed E-state index contributed by atoms with van der Waals surface area (Å²) in [5.41, 5.74) is 1.03. The van der Waals surface area contributed by atoms with Crippen LogP contribution >= 0.6 is 24.0 Å². The maximum Gasteiger partial charge on any atom is 0.269 e. The molecule has 0 unspecified atom stereocenters. The van der Waals surface area contributed by atoms with Crippen LogP contribution in [0.4, 0.5) is 5.69 Å². The van der Waals surface area contributed by atoms with Crippen LogP contribution in [0, 0.1) is 16.0 Å². The number of hydrogen-bond donors (Lipinski definition) is 2. The van der Waals surface area contributed by atoms with Crippen molar-refractivity contribution >= 4 is 35.6 Å². The van der Waals surface area contributed by atoms with Crippen LogP contribution in [0.1, 0.15) is 32.3 Å².